The molecule has 1 fully saturated rings. The van der Waals surface area contributed by atoms with Crippen molar-refractivity contribution in [1.29, 1.82) is 0 Å². The topological polar surface area (TPSA) is 75.4 Å². The van der Waals surface area contributed by atoms with E-state index in [2.05, 4.69) is 51.6 Å². The molecule has 0 bridgehead atoms. The van der Waals surface area contributed by atoms with Crippen molar-refractivity contribution in [2.45, 2.75) is 26.3 Å². The summed E-state index contributed by atoms with van der Waals surface area (Å²) in [6, 6.07) is 10.3. The Morgan fingerprint density at radius 2 is 1.96 bits per heavy atom. The van der Waals surface area contributed by atoms with E-state index < -0.39 is 0 Å². The molecule has 1 aromatic carbocycles. The average Bonchev–Trinajstić information content (AvgIpc) is 3.13. The number of aryl methyl sites for hydroxylation is 2. The van der Waals surface area contributed by atoms with Crippen LogP contribution in [0.25, 0.3) is 5.78 Å². The van der Waals surface area contributed by atoms with Gasteiger partial charge in [0.1, 0.15) is 0 Å². The Labute approximate surface area is 176 Å². The molecule has 1 aliphatic heterocycles. The molecule has 0 radical (unpaired) electrons. The Kier molecular flexibility index (Phi) is 7.35. The molecule has 150 valence electrons. The van der Waals surface area contributed by atoms with Gasteiger partial charge in [-0.2, -0.15) is 4.98 Å². The van der Waals surface area contributed by atoms with E-state index in [9.17, 15) is 4.79 Å². The smallest absolute Gasteiger partial charge is 0.294 e. The van der Waals surface area contributed by atoms with Gasteiger partial charge in [-0.3, -0.25) is 4.79 Å². The summed E-state index contributed by atoms with van der Waals surface area (Å²) in [4.78, 5) is 23.5. The molecular weight excluding hydrogens is 399 g/mol. The number of amides is 1. The molecule has 1 N–H and O–H groups in total. The van der Waals surface area contributed by atoms with Crippen LogP contribution in [0.15, 0.2) is 36.5 Å². The zero-order chi connectivity index (χ0) is 18.1. The third kappa shape index (κ3) is 4.11. The van der Waals surface area contributed by atoms with Crippen LogP contribution in [0, 0.1) is 6.92 Å². The number of hydrogen-bond acceptors (Lipinski definition) is 5. The van der Waals surface area contributed by atoms with E-state index >= 15 is 0 Å². The van der Waals surface area contributed by atoms with Gasteiger partial charge in [0, 0.05) is 31.5 Å². The number of nitrogens with one attached hydrogen (secondary N) is 1. The molecule has 7 nitrogen and oxygen atoms in total. The molecule has 0 spiro atoms. The molecule has 1 saturated heterocycles. The third-order valence-electron chi connectivity index (χ3n) is 4.90. The second kappa shape index (κ2) is 9.32. The molecule has 1 aliphatic rings. The minimum Gasteiger partial charge on any atom is -0.326 e. The lowest BCUT2D eigenvalue weighted by Gasteiger charge is -2.36. The highest BCUT2D eigenvalue weighted by molar-refractivity contribution is 5.91. The normalized spacial score (nSPS) is 16.4. The first-order valence-corrected chi connectivity index (χ1v) is 8.96. The number of hydrogen-bond donors (Lipinski definition) is 1. The highest BCUT2D eigenvalue weighted by Gasteiger charge is 2.31. The molecule has 1 atom stereocenters. The number of benzene rings is 1. The summed E-state index contributed by atoms with van der Waals surface area (Å²) in [6.45, 7) is 6.17. The van der Waals surface area contributed by atoms with Gasteiger partial charge in [0.2, 0.25) is 5.82 Å². The number of fused-ring (bicyclic) bond motifs is 1. The molecule has 28 heavy (non-hydrogen) atoms. The number of piperazine rings is 1. The van der Waals surface area contributed by atoms with Crippen molar-refractivity contribution in [1.82, 2.24) is 29.8 Å². The summed E-state index contributed by atoms with van der Waals surface area (Å²) in [7, 11) is 0. The number of aromatic nitrogens is 4. The van der Waals surface area contributed by atoms with Crippen molar-refractivity contribution in [2.24, 2.45) is 0 Å². The van der Waals surface area contributed by atoms with Crippen molar-refractivity contribution in [3.8, 4) is 0 Å². The Morgan fingerprint density at radius 1 is 1.21 bits per heavy atom. The van der Waals surface area contributed by atoms with E-state index in [4.69, 9.17) is 0 Å². The predicted octanol–water partition coefficient (Wildman–Crippen LogP) is 2.63. The molecule has 0 saturated carbocycles. The van der Waals surface area contributed by atoms with Gasteiger partial charge in [0.25, 0.3) is 11.7 Å². The van der Waals surface area contributed by atoms with E-state index in [1.165, 1.54) is 5.56 Å². The average molecular weight is 423 g/mol. The van der Waals surface area contributed by atoms with Crippen molar-refractivity contribution < 1.29 is 4.79 Å². The second-order valence-corrected chi connectivity index (χ2v) is 6.55. The first-order chi connectivity index (χ1) is 12.7. The van der Waals surface area contributed by atoms with Gasteiger partial charge in [-0.15, -0.1) is 29.9 Å². The molecule has 4 rings (SSSR count). The minimum absolute atomic E-state index is 0. The van der Waals surface area contributed by atoms with Crippen LogP contribution >= 0.6 is 24.8 Å². The largest absolute Gasteiger partial charge is 0.326 e. The van der Waals surface area contributed by atoms with Crippen molar-refractivity contribution in [2.75, 3.05) is 19.6 Å². The molecule has 3 heterocycles. The van der Waals surface area contributed by atoms with E-state index in [-0.39, 0.29) is 42.6 Å². The van der Waals surface area contributed by atoms with Crippen LogP contribution in [-0.2, 0) is 6.42 Å². The second-order valence-electron chi connectivity index (χ2n) is 6.55. The maximum atomic E-state index is 13.1. The van der Waals surface area contributed by atoms with Gasteiger partial charge in [-0.25, -0.2) is 9.50 Å². The molecule has 0 aliphatic carbocycles. The fraction of sp³-hybridized carbons (Fsp3) is 0.368. The number of nitrogens with zero attached hydrogens (tertiary/aromatic N) is 5. The highest BCUT2D eigenvalue weighted by atomic mass is 35.5. The SMILES string of the molecule is CCc1ccc(C2CNCCN2C(=O)c2nc3nccc(C)n3n2)cc1.Cl.Cl. The Bertz CT molecular complexity index is 943. The van der Waals surface area contributed by atoms with E-state index in [1.807, 2.05) is 17.9 Å². The number of carbonyl (C=O) groups excluding carboxylic acids is 1. The van der Waals surface area contributed by atoms with Crippen molar-refractivity contribution in [3.63, 3.8) is 0 Å². The first-order valence-electron chi connectivity index (χ1n) is 8.96. The summed E-state index contributed by atoms with van der Waals surface area (Å²) in [5, 5.41) is 7.76. The van der Waals surface area contributed by atoms with Crippen LogP contribution in [0.4, 0.5) is 0 Å². The molecule has 1 amide bonds. The third-order valence-corrected chi connectivity index (χ3v) is 4.90. The maximum Gasteiger partial charge on any atom is 0.294 e. The zero-order valence-corrected chi connectivity index (χ0v) is 17.5. The quantitative estimate of drug-likeness (QED) is 0.701. The minimum atomic E-state index is -0.152. The monoisotopic (exact) mass is 422 g/mol. The van der Waals surface area contributed by atoms with E-state index in [1.54, 1.807) is 10.7 Å². The highest BCUT2D eigenvalue weighted by Crippen LogP contribution is 2.24. The summed E-state index contributed by atoms with van der Waals surface area (Å²) < 4.78 is 1.61. The summed E-state index contributed by atoms with van der Waals surface area (Å²) in [5.41, 5.74) is 3.31. The van der Waals surface area contributed by atoms with Gasteiger partial charge in [-0.1, -0.05) is 31.2 Å². The fourth-order valence-electron chi connectivity index (χ4n) is 3.35. The van der Waals surface area contributed by atoms with Gasteiger partial charge in [-0.05, 0) is 30.5 Å². The zero-order valence-electron chi connectivity index (χ0n) is 15.8. The lowest BCUT2D eigenvalue weighted by atomic mass is 10.0. The standard InChI is InChI=1S/C19H22N6O.2ClH/c1-3-14-4-6-15(7-5-14)16-12-20-10-11-24(16)18(26)17-22-19-21-9-8-13(2)25(19)23-17;;/h4-9,16,20H,3,10-12H2,1-2H3;2*1H. The first kappa shape index (κ1) is 22.1. The molecule has 3 aromatic rings. The van der Waals surface area contributed by atoms with Gasteiger partial charge in [0.05, 0.1) is 6.04 Å². The van der Waals surface area contributed by atoms with Crippen LogP contribution in [-0.4, -0.2) is 50.0 Å². The Hall–Kier alpha value is -2.22. The summed E-state index contributed by atoms with van der Waals surface area (Å²) in [5.74, 6) is 0.497. The molecule has 2 aromatic heterocycles. The van der Waals surface area contributed by atoms with Crippen LogP contribution in [0.5, 0.6) is 0 Å². The Balaban J connectivity index is 0.00000140. The molecule has 9 heteroatoms. The van der Waals surface area contributed by atoms with Gasteiger partial charge in [0.15, 0.2) is 0 Å². The Morgan fingerprint density at radius 3 is 2.64 bits per heavy atom. The van der Waals surface area contributed by atoms with Crippen molar-refractivity contribution in [3.05, 3.63) is 59.2 Å². The van der Waals surface area contributed by atoms with Crippen LogP contribution in [0.2, 0.25) is 0 Å². The van der Waals surface area contributed by atoms with Crippen molar-refractivity contribution >= 4 is 36.5 Å². The van der Waals surface area contributed by atoms with Crippen LogP contribution in [0.1, 0.15) is 40.4 Å². The lowest BCUT2D eigenvalue weighted by molar-refractivity contribution is 0.0622. The van der Waals surface area contributed by atoms with E-state index in [0.29, 0.717) is 12.3 Å². The molecule has 1 unspecified atom stereocenters. The number of halogens is 2. The van der Waals surface area contributed by atoms with Crippen LogP contribution in [0.3, 0.4) is 0 Å². The fourth-order valence-corrected chi connectivity index (χ4v) is 3.35. The lowest BCUT2D eigenvalue weighted by Crippen LogP contribution is -2.49. The molecular formula is C19H24Cl2N6O. The number of rotatable bonds is 3. The summed E-state index contributed by atoms with van der Waals surface area (Å²) >= 11 is 0. The number of carbonyl (C=O) groups is 1. The van der Waals surface area contributed by atoms with Gasteiger partial charge < -0.3 is 10.2 Å². The maximum absolute atomic E-state index is 13.1. The van der Waals surface area contributed by atoms with E-state index in [0.717, 1.165) is 30.8 Å². The van der Waals surface area contributed by atoms with Gasteiger partial charge >= 0.3 is 0 Å². The van der Waals surface area contributed by atoms with Crippen LogP contribution < -0.4 is 5.32 Å². The predicted molar refractivity (Wildman–Crippen MR) is 112 cm³/mol. The summed E-state index contributed by atoms with van der Waals surface area (Å²) in [6.07, 6.45) is 2.68.